The van der Waals surface area contributed by atoms with Gasteiger partial charge in [-0.25, -0.2) is 4.79 Å². The summed E-state index contributed by atoms with van der Waals surface area (Å²) >= 11 is 0. The fourth-order valence-electron chi connectivity index (χ4n) is 3.75. The second-order valence-electron chi connectivity index (χ2n) is 9.17. The minimum absolute atomic E-state index is 0.131. The highest BCUT2D eigenvalue weighted by Crippen LogP contribution is 2.16. The van der Waals surface area contributed by atoms with E-state index in [4.69, 9.17) is 4.74 Å². The molecule has 180 valence electrons. The van der Waals surface area contributed by atoms with Crippen LogP contribution in [-0.2, 0) is 40.0 Å². The summed E-state index contributed by atoms with van der Waals surface area (Å²) < 4.78 is 5.17. The summed E-state index contributed by atoms with van der Waals surface area (Å²) in [4.78, 5) is 23.2. The van der Waals surface area contributed by atoms with Gasteiger partial charge in [-0.3, -0.25) is 4.79 Å². The number of hydrogen-bond acceptors (Lipinski definition) is 3. The SMILES string of the molecule is C=C(C)C(=O)CCc1ccc(Cc2ccc(Cc3ccc(CCOC(=O)C(=C)C)cc3)cc2)cc1. The molecule has 0 amide bonds. The number of ether oxygens (including phenoxy) is 1. The van der Waals surface area contributed by atoms with Crippen molar-refractivity contribution in [3.63, 3.8) is 0 Å². The third kappa shape index (κ3) is 8.53. The van der Waals surface area contributed by atoms with Crippen LogP contribution in [0.3, 0.4) is 0 Å². The Kier molecular flexibility index (Phi) is 9.37. The zero-order valence-corrected chi connectivity index (χ0v) is 20.8. The molecule has 0 aliphatic heterocycles. The van der Waals surface area contributed by atoms with Gasteiger partial charge in [-0.2, -0.15) is 0 Å². The van der Waals surface area contributed by atoms with Crippen molar-refractivity contribution in [2.24, 2.45) is 0 Å². The number of carbonyl (C=O) groups is 2. The van der Waals surface area contributed by atoms with Crippen LogP contribution in [0.4, 0.5) is 0 Å². The fraction of sp³-hybridized carbons (Fsp3) is 0.250. The monoisotopic (exact) mass is 466 g/mol. The average Bonchev–Trinajstić information content (AvgIpc) is 2.85. The first-order valence-electron chi connectivity index (χ1n) is 12.0. The van der Waals surface area contributed by atoms with Crippen molar-refractivity contribution in [2.75, 3.05) is 6.61 Å². The van der Waals surface area contributed by atoms with E-state index in [1.807, 2.05) is 0 Å². The second-order valence-corrected chi connectivity index (χ2v) is 9.17. The fourth-order valence-corrected chi connectivity index (χ4v) is 3.75. The molecular weight excluding hydrogens is 432 g/mol. The number of allylic oxidation sites excluding steroid dienone is 1. The first-order valence-corrected chi connectivity index (χ1v) is 12.0. The number of benzene rings is 3. The van der Waals surface area contributed by atoms with E-state index in [2.05, 4.69) is 86.0 Å². The van der Waals surface area contributed by atoms with Gasteiger partial charge in [0.25, 0.3) is 0 Å². The van der Waals surface area contributed by atoms with E-state index in [1.165, 1.54) is 27.8 Å². The van der Waals surface area contributed by atoms with Crippen molar-refractivity contribution in [1.82, 2.24) is 0 Å². The van der Waals surface area contributed by atoms with Crippen LogP contribution in [0, 0.1) is 0 Å². The Morgan fingerprint density at radius 3 is 1.34 bits per heavy atom. The molecule has 0 aliphatic carbocycles. The third-order valence-corrected chi connectivity index (χ3v) is 5.97. The molecule has 0 unspecified atom stereocenters. The summed E-state index contributed by atoms with van der Waals surface area (Å²) in [5, 5.41) is 0. The van der Waals surface area contributed by atoms with Gasteiger partial charge in [0, 0.05) is 18.4 Å². The lowest BCUT2D eigenvalue weighted by molar-refractivity contribution is -0.138. The van der Waals surface area contributed by atoms with Gasteiger partial charge in [0.15, 0.2) is 5.78 Å². The summed E-state index contributed by atoms with van der Waals surface area (Å²) in [7, 11) is 0. The molecule has 0 spiro atoms. The first kappa shape index (κ1) is 25.9. The molecule has 0 radical (unpaired) electrons. The Morgan fingerprint density at radius 1 is 0.600 bits per heavy atom. The molecule has 0 aromatic heterocycles. The summed E-state index contributed by atoms with van der Waals surface area (Å²) in [5.41, 5.74) is 8.44. The minimum atomic E-state index is -0.339. The second kappa shape index (κ2) is 12.7. The normalized spacial score (nSPS) is 10.6. The quantitative estimate of drug-likeness (QED) is 0.223. The van der Waals surface area contributed by atoms with Gasteiger partial charge in [-0.15, -0.1) is 0 Å². The number of rotatable bonds is 12. The van der Waals surface area contributed by atoms with Crippen LogP contribution in [0.2, 0.25) is 0 Å². The summed E-state index contributed by atoms with van der Waals surface area (Å²) in [6.07, 6.45) is 3.73. The zero-order chi connectivity index (χ0) is 25.2. The smallest absolute Gasteiger partial charge is 0.333 e. The van der Waals surface area contributed by atoms with Gasteiger partial charge in [0.1, 0.15) is 0 Å². The standard InChI is InChI=1S/C32H34O3/c1-23(2)31(33)18-17-25-5-9-27(10-6-25)21-29-13-15-30(16-14-29)22-28-11-7-26(8-12-28)19-20-35-32(34)24(3)4/h5-16H,1,3,17-22H2,2,4H3. The van der Waals surface area contributed by atoms with Gasteiger partial charge >= 0.3 is 5.97 Å². The number of hydrogen-bond donors (Lipinski definition) is 0. The van der Waals surface area contributed by atoms with Gasteiger partial charge in [-0.05, 0) is 72.1 Å². The zero-order valence-electron chi connectivity index (χ0n) is 20.8. The number of carbonyl (C=O) groups excluding carboxylic acids is 2. The van der Waals surface area contributed by atoms with E-state index < -0.39 is 0 Å². The molecule has 0 atom stereocenters. The molecule has 35 heavy (non-hydrogen) atoms. The lowest BCUT2D eigenvalue weighted by Gasteiger charge is -2.08. The average molecular weight is 467 g/mol. The molecule has 3 aromatic carbocycles. The number of Topliss-reactive ketones (excluding diaryl/α,β-unsaturated/α-hetero) is 1. The predicted molar refractivity (Wildman–Crippen MR) is 143 cm³/mol. The summed E-state index contributed by atoms with van der Waals surface area (Å²) in [5.74, 6) is -0.208. The highest BCUT2D eigenvalue weighted by atomic mass is 16.5. The van der Waals surface area contributed by atoms with E-state index in [-0.39, 0.29) is 11.8 Å². The van der Waals surface area contributed by atoms with Crippen molar-refractivity contribution in [3.05, 3.63) is 130 Å². The molecule has 0 heterocycles. The number of ketones is 1. The molecular formula is C32H34O3. The van der Waals surface area contributed by atoms with Gasteiger partial charge in [-0.1, -0.05) is 86.0 Å². The van der Waals surface area contributed by atoms with E-state index >= 15 is 0 Å². The Balaban J connectivity index is 1.47. The van der Waals surface area contributed by atoms with Crippen molar-refractivity contribution < 1.29 is 14.3 Å². The third-order valence-electron chi connectivity index (χ3n) is 5.97. The molecule has 0 aliphatic rings. The van der Waals surface area contributed by atoms with Crippen molar-refractivity contribution >= 4 is 11.8 Å². The molecule has 0 fully saturated rings. The summed E-state index contributed by atoms with van der Waals surface area (Å²) in [6, 6.07) is 25.8. The molecule has 0 bridgehead atoms. The van der Waals surface area contributed by atoms with Crippen LogP contribution < -0.4 is 0 Å². The van der Waals surface area contributed by atoms with Crippen LogP contribution in [0.5, 0.6) is 0 Å². The summed E-state index contributed by atoms with van der Waals surface area (Å²) in [6.45, 7) is 11.1. The van der Waals surface area contributed by atoms with E-state index in [1.54, 1.807) is 13.8 Å². The highest BCUT2D eigenvalue weighted by molar-refractivity contribution is 5.94. The Bertz CT molecular complexity index is 1170. The van der Waals surface area contributed by atoms with E-state index in [0.717, 1.165) is 24.8 Å². The van der Waals surface area contributed by atoms with Gasteiger partial charge < -0.3 is 4.74 Å². The Morgan fingerprint density at radius 2 is 0.971 bits per heavy atom. The molecule has 0 saturated heterocycles. The molecule has 3 heteroatoms. The molecule has 3 rings (SSSR count). The first-order chi connectivity index (χ1) is 16.8. The van der Waals surface area contributed by atoms with Crippen LogP contribution >= 0.6 is 0 Å². The lowest BCUT2D eigenvalue weighted by Crippen LogP contribution is -2.08. The number of esters is 1. The molecule has 0 N–H and O–H groups in total. The van der Waals surface area contributed by atoms with E-state index in [0.29, 0.717) is 30.6 Å². The van der Waals surface area contributed by atoms with E-state index in [9.17, 15) is 9.59 Å². The van der Waals surface area contributed by atoms with Gasteiger partial charge in [0.2, 0.25) is 0 Å². The van der Waals surface area contributed by atoms with Crippen molar-refractivity contribution in [3.8, 4) is 0 Å². The maximum absolute atomic E-state index is 11.7. The predicted octanol–water partition coefficient (Wildman–Crippen LogP) is 6.61. The van der Waals surface area contributed by atoms with Crippen LogP contribution in [-0.4, -0.2) is 18.4 Å². The molecule has 0 saturated carbocycles. The highest BCUT2D eigenvalue weighted by Gasteiger charge is 2.05. The largest absolute Gasteiger partial charge is 0.462 e. The lowest BCUT2D eigenvalue weighted by atomic mass is 9.98. The molecule has 3 aromatic rings. The minimum Gasteiger partial charge on any atom is -0.462 e. The van der Waals surface area contributed by atoms with Gasteiger partial charge in [0.05, 0.1) is 6.61 Å². The molecule has 3 nitrogen and oxygen atoms in total. The van der Waals surface area contributed by atoms with Crippen LogP contribution in [0.15, 0.2) is 97.1 Å². The Labute approximate surface area is 209 Å². The van der Waals surface area contributed by atoms with Crippen molar-refractivity contribution in [2.45, 2.75) is 46.0 Å². The maximum atomic E-state index is 11.7. The topological polar surface area (TPSA) is 43.4 Å². The van der Waals surface area contributed by atoms with Crippen LogP contribution in [0.1, 0.15) is 53.6 Å². The van der Waals surface area contributed by atoms with Crippen molar-refractivity contribution in [1.29, 1.82) is 0 Å². The maximum Gasteiger partial charge on any atom is 0.333 e. The number of aryl methyl sites for hydroxylation is 1. The van der Waals surface area contributed by atoms with Crippen LogP contribution in [0.25, 0.3) is 0 Å². The Hall–Kier alpha value is -3.72.